The zero-order valence-electron chi connectivity index (χ0n) is 46.8. The molecule has 2 radical (unpaired) electrons. The number of fused-ring (bicyclic) bond motifs is 6. The van der Waals surface area contributed by atoms with E-state index in [1.807, 2.05) is 146 Å². The largest absolute Gasteiger partial charge is 3.00 e. The van der Waals surface area contributed by atoms with Crippen LogP contribution in [0.3, 0.4) is 0 Å². The standard InChI is InChI=1S/6C10H7NO2.10H2O.2Sm/c6*12-10(13)8-5-7-3-1-2-4-9(7)11-6-8;;;;;;;;;;;;/h6*1-6H,(H,12,13);10*1H2;;/q;;;;;;;;;;;;;;;;2*+3/p+2. The van der Waals surface area contributed by atoms with Gasteiger partial charge in [0.25, 0.3) is 0 Å². The van der Waals surface area contributed by atoms with Crippen LogP contribution in [0, 0.1) is 80.8 Å². The molecule has 0 spiro atoms. The van der Waals surface area contributed by atoms with E-state index in [2.05, 4.69) is 29.9 Å². The molecule has 0 unspecified atom stereocenters. The summed E-state index contributed by atoms with van der Waals surface area (Å²) in [6, 6.07) is 53.3. The third-order valence-corrected chi connectivity index (χ3v) is 11.0. The first-order valence-electron chi connectivity index (χ1n) is 23.0. The first-order chi connectivity index (χ1) is 37.6. The smallest absolute Gasteiger partial charge is 0.545 e. The van der Waals surface area contributed by atoms with Gasteiger partial charge in [0.05, 0.1) is 68.9 Å². The van der Waals surface area contributed by atoms with Crippen LogP contribution in [0.5, 0.6) is 0 Å². The van der Waals surface area contributed by atoms with Gasteiger partial charge in [0.1, 0.15) is 0 Å². The third kappa shape index (κ3) is 26.3. The Kier molecular flexibility index (Phi) is 46.2. The molecule has 470 valence electrons. The number of para-hydroxylation sites is 6. The molecule has 12 rings (SSSR count). The quantitative estimate of drug-likeness (QED) is 0.140. The molecule has 6 aromatic heterocycles. The Morgan fingerprint density at radius 1 is 0.222 bits per heavy atom. The molecule has 28 N–H and O–H groups in total. The topological polar surface area (TPSA) is 645 Å². The number of carbonyl (C=O) groups excluding carboxylic acids is 6. The molecule has 12 aromatic rings. The predicted octanol–water partition coefficient (Wildman–Crippen LogP) is -5.43. The first-order valence-corrected chi connectivity index (χ1v) is 23.0. The summed E-state index contributed by atoms with van der Waals surface area (Å²) in [5.74, 6) is -7.18. The van der Waals surface area contributed by atoms with Gasteiger partial charge in [-0.1, -0.05) is 109 Å². The number of pyridine rings is 6. The van der Waals surface area contributed by atoms with Crippen LogP contribution in [-0.2, 0) is 43.8 Å². The molecule has 0 atom stereocenters. The van der Waals surface area contributed by atoms with Gasteiger partial charge in [-0.25, -0.2) is 0 Å². The molecule has 0 amide bonds. The summed E-state index contributed by atoms with van der Waals surface area (Å²) in [4.78, 5) is 86.9. The zero-order valence-corrected chi connectivity index (χ0v) is 52.0. The fourth-order valence-electron chi connectivity index (χ4n) is 7.10. The van der Waals surface area contributed by atoms with Crippen LogP contribution >= 0.6 is 0 Å². The van der Waals surface area contributed by atoms with Crippen molar-refractivity contribution in [2.24, 2.45) is 0 Å². The van der Waals surface area contributed by atoms with Crippen LogP contribution < -0.4 is 30.6 Å². The summed E-state index contributed by atoms with van der Waals surface area (Å²) in [6.07, 6.45) is 7.82. The monoisotopic (exact) mass is 1520 g/mol. The number of carbonyl (C=O) groups is 6. The van der Waals surface area contributed by atoms with Crippen LogP contribution in [0.1, 0.15) is 62.1 Å². The van der Waals surface area contributed by atoms with Crippen LogP contribution in [0.2, 0.25) is 0 Å². The number of hydrogen-bond acceptors (Lipinski definition) is 18. The number of carboxylic acid groups (broad SMARTS) is 6. The Bertz CT molecular complexity index is 3520. The van der Waals surface area contributed by atoms with Crippen LogP contribution in [0.15, 0.2) is 219 Å². The van der Waals surface area contributed by atoms with Gasteiger partial charge in [-0.3, -0.25) is 29.9 Å². The summed E-state index contributed by atoms with van der Waals surface area (Å²) < 4.78 is 0. The number of rotatable bonds is 6. The van der Waals surface area contributed by atoms with Crippen molar-refractivity contribution in [3.05, 3.63) is 253 Å². The summed E-state index contributed by atoms with van der Waals surface area (Å²) in [5.41, 5.74) is 5.37. The Morgan fingerprint density at radius 3 is 0.444 bits per heavy atom. The van der Waals surface area contributed by atoms with Gasteiger partial charge in [0.15, 0.2) is 0 Å². The maximum atomic E-state index is 10.5. The SMILES string of the molecule is O.O.O=C([O-])c1cnc2ccccc2c1.O=C([O-])c1cnc2ccccc2c1.O=C([O-])c1cnc2ccccc2c1.O=C([O-])c1cnc2ccccc2c1.O=C([O-])c1cnc2ccccc2c1.O=C([O-])c1cnc2ccccc2c1.[OH3+].[OH3+].[OH3+].[OH3+].[OH3+].[OH3+].[OH3+].[OH3+].[Sm+3].[Sm+3]. The number of nitrogens with zero attached hydrogens (tertiary/aromatic N) is 6. The molecule has 28 nitrogen and oxygen atoms in total. The maximum absolute atomic E-state index is 10.5. The van der Waals surface area contributed by atoms with Crippen LogP contribution in [0.25, 0.3) is 65.4 Å². The maximum Gasteiger partial charge on any atom is 3.00 e. The van der Waals surface area contributed by atoms with E-state index in [1.54, 1.807) is 36.4 Å². The summed E-state index contributed by atoms with van der Waals surface area (Å²) in [5, 5.41) is 67.8. The van der Waals surface area contributed by atoms with Crippen molar-refractivity contribution in [3.63, 3.8) is 0 Å². The second-order valence-electron chi connectivity index (χ2n) is 16.2. The van der Waals surface area contributed by atoms with Gasteiger partial charge in [-0.05, 0) is 72.8 Å². The minimum absolute atomic E-state index is 0. The molecule has 0 aliphatic rings. The fraction of sp³-hybridized carbons (Fsp3) is 0. The third-order valence-electron chi connectivity index (χ3n) is 11.0. The number of aromatic carboxylic acids is 6. The molecule has 6 aromatic carbocycles. The average Bonchev–Trinajstić information content (AvgIpc) is 2.79. The number of benzene rings is 6. The molecular weight excluding hydrogens is 1460 g/mol. The predicted molar refractivity (Wildman–Crippen MR) is 323 cm³/mol. The molecular formula is C60H64N6O22Sm2+8. The van der Waals surface area contributed by atoms with E-state index in [0.29, 0.717) is 0 Å². The van der Waals surface area contributed by atoms with E-state index in [0.717, 1.165) is 65.4 Å². The molecule has 90 heavy (non-hydrogen) atoms. The Morgan fingerprint density at radius 2 is 0.333 bits per heavy atom. The number of aromatic nitrogens is 6. The van der Waals surface area contributed by atoms with E-state index < -0.39 is 35.8 Å². The molecule has 0 aliphatic carbocycles. The van der Waals surface area contributed by atoms with Crippen LogP contribution in [-0.4, -0.2) is 76.7 Å². The molecule has 0 saturated heterocycles. The van der Waals surface area contributed by atoms with E-state index in [9.17, 15) is 59.4 Å². The van der Waals surface area contributed by atoms with E-state index in [4.69, 9.17) is 0 Å². The summed E-state index contributed by atoms with van der Waals surface area (Å²) in [7, 11) is 0. The normalized spacial score (nSPS) is 8.80. The zero-order chi connectivity index (χ0) is 55.6. The fourth-order valence-corrected chi connectivity index (χ4v) is 7.10. The van der Waals surface area contributed by atoms with Gasteiger partial charge in [0, 0.05) is 103 Å². The minimum atomic E-state index is -1.20. The second kappa shape index (κ2) is 45.2. The molecule has 0 aliphatic heterocycles. The molecule has 30 heteroatoms. The molecule has 0 fully saturated rings. The molecule has 0 saturated carbocycles. The van der Waals surface area contributed by atoms with Crippen LogP contribution in [0.4, 0.5) is 0 Å². The van der Waals surface area contributed by atoms with Gasteiger partial charge < -0.3 is 114 Å². The van der Waals surface area contributed by atoms with Crippen molar-refractivity contribution < 1.29 is 195 Å². The summed E-state index contributed by atoms with van der Waals surface area (Å²) >= 11 is 0. The van der Waals surface area contributed by atoms with Gasteiger partial charge in [-0.2, -0.15) is 0 Å². The Hall–Kier alpha value is -9.12. The van der Waals surface area contributed by atoms with Crippen molar-refractivity contribution in [3.8, 4) is 0 Å². The molecule has 6 heterocycles. The van der Waals surface area contributed by atoms with Gasteiger partial charge >= 0.3 is 80.8 Å². The van der Waals surface area contributed by atoms with E-state index in [1.165, 1.54) is 37.2 Å². The van der Waals surface area contributed by atoms with Crippen molar-refractivity contribution in [1.29, 1.82) is 0 Å². The number of hydrogen-bond donors (Lipinski definition) is 0. The van der Waals surface area contributed by atoms with Crippen molar-refractivity contribution in [2.75, 3.05) is 0 Å². The van der Waals surface area contributed by atoms with Crippen molar-refractivity contribution in [2.45, 2.75) is 0 Å². The minimum Gasteiger partial charge on any atom is -0.545 e. The van der Waals surface area contributed by atoms with Gasteiger partial charge in [-0.15, -0.1) is 0 Å². The van der Waals surface area contributed by atoms with E-state index >= 15 is 0 Å². The van der Waals surface area contributed by atoms with E-state index in [-0.39, 0.29) is 169 Å². The Labute approximate surface area is 573 Å². The summed E-state index contributed by atoms with van der Waals surface area (Å²) in [6.45, 7) is 0. The van der Waals surface area contributed by atoms with Gasteiger partial charge in [0.2, 0.25) is 0 Å². The first kappa shape index (κ1) is 92.0. The average molecular weight is 1520 g/mol. The second-order valence-corrected chi connectivity index (χ2v) is 16.2. The Balaban J connectivity index is -0.000000229. The van der Waals surface area contributed by atoms with Crippen molar-refractivity contribution in [1.82, 2.24) is 29.9 Å². The molecule has 0 bridgehead atoms. The van der Waals surface area contributed by atoms with Crippen molar-refractivity contribution >= 4 is 101 Å². The number of carboxylic acids is 6.